The molecule has 142 valence electrons. The van der Waals surface area contributed by atoms with E-state index < -0.39 is 0 Å². The van der Waals surface area contributed by atoms with Crippen LogP contribution in [0.4, 0.5) is 11.8 Å². The number of amides is 1. The van der Waals surface area contributed by atoms with Gasteiger partial charge < -0.3 is 14.7 Å². The summed E-state index contributed by atoms with van der Waals surface area (Å²) in [5.41, 5.74) is 2.93. The van der Waals surface area contributed by atoms with E-state index in [2.05, 4.69) is 21.7 Å². The van der Waals surface area contributed by atoms with Gasteiger partial charge in [-0.15, -0.1) is 0 Å². The molecule has 0 saturated carbocycles. The van der Waals surface area contributed by atoms with Crippen molar-refractivity contribution in [1.82, 2.24) is 14.9 Å². The molecule has 1 aromatic carbocycles. The van der Waals surface area contributed by atoms with Gasteiger partial charge in [-0.2, -0.15) is 4.98 Å². The van der Waals surface area contributed by atoms with Crippen molar-refractivity contribution >= 4 is 17.7 Å². The van der Waals surface area contributed by atoms with Crippen LogP contribution in [-0.2, 0) is 0 Å². The summed E-state index contributed by atoms with van der Waals surface area (Å²) in [6, 6.07) is 7.81. The Labute approximate surface area is 160 Å². The normalized spacial score (nSPS) is 17.5. The number of hydrogen-bond acceptors (Lipinski definition) is 5. The number of piperazine rings is 1. The van der Waals surface area contributed by atoms with Crippen LogP contribution >= 0.6 is 0 Å². The highest BCUT2D eigenvalue weighted by atomic mass is 16.2. The molecule has 0 atom stereocenters. The minimum atomic E-state index is 0.130. The molecule has 2 aliphatic rings. The van der Waals surface area contributed by atoms with E-state index in [1.54, 1.807) is 0 Å². The van der Waals surface area contributed by atoms with E-state index in [0.717, 1.165) is 67.7 Å². The SMILES string of the molecule is Cc1ccccc1C(=O)N1CCN(c2nc(N3CCCC3)ncc2C)CC1. The molecule has 2 aliphatic heterocycles. The van der Waals surface area contributed by atoms with Crippen molar-refractivity contribution < 1.29 is 4.79 Å². The van der Waals surface area contributed by atoms with Gasteiger partial charge in [-0.05, 0) is 38.3 Å². The van der Waals surface area contributed by atoms with Crippen LogP contribution in [0.3, 0.4) is 0 Å². The molecule has 3 heterocycles. The fourth-order valence-electron chi connectivity index (χ4n) is 3.92. The average molecular weight is 365 g/mol. The maximum Gasteiger partial charge on any atom is 0.254 e. The molecule has 6 nitrogen and oxygen atoms in total. The maximum absolute atomic E-state index is 12.8. The second kappa shape index (κ2) is 7.55. The molecule has 0 spiro atoms. The molecular formula is C21H27N5O. The van der Waals surface area contributed by atoms with E-state index in [-0.39, 0.29) is 5.91 Å². The Kier molecular flexibility index (Phi) is 4.97. The Hall–Kier alpha value is -2.63. The first-order valence-corrected chi connectivity index (χ1v) is 9.82. The number of anilines is 2. The summed E-state index contributed by atoms with van der Waals surface area (Å²) in [6.45, 7) is 9.18. The van der Waals surface area contributed by atoms with Crippen molar-refractivity contribution in [2.75, 3.05) is 49.1 Å². The Morgan fingerprint density at radius 1 is 0.889 bits per heavy atom. The van der Waals surface area contributed by atoms with E-state index in [0.29, 0.717) is 0 Å². The van der Waals surface area contributed by atoms with E-state index in [1.165, 1.54) is 12.8 Å². The van der Waals surface area contributed by atoms with Crippen LogP contribution in [0, 0.1) is 13.8 Å². The molecule has 0 unspecified atom stereocenters. The van der Waals surface area contributed by atoms with Crippen molar-refractivity contribution in [1.29, 1.82) is 0 Å². The largest absolute Gasteiger partial charge is 0.353 e. The molecular weight excluding hydrogens is 338 g/mol. The highest BCUT2D eigenvalue weighted by molar-refractivity contribution is 5.95. The molecule has 0 aliphatic carbocycles. The van der Waals surface area contributed by atoms with E-state index in [4.69, 9.17) is 4.98 Å². The number of hydrogen-bond donors (Lipinski definition) is 0. The second-order valence-electron chi connectivity index (χ2n) is 7.46. The van der Waals surface area contributed by atoms with Gasteiger partial charge in [0.15, 0.2) is 0 Å². The van der Waals surface area contributed by atoms with Gasteiger partial charge in [0.1, 0.15) is 5.82 Å². The zero-order chi connectivity index (χ0) is 18.8. The van der Waals surface area contributed by atoms with Crippen LogP contribution in [0.25, 0.3) is 0 Å². The first-order chi connectivity index (χ1) is 13.1. The number of nitrogens with zero attached hydrogens (tertiary/aromatic N) is 5. The van der Waals surface area contributed by atoms with Crippen molar-refractivity contribution in [2.45, 2.75) is 26.7 Å². The summed E-state index contributed by atoms with van der Waals surface area (Å²) in [5.74, 6) is 1.98. The van der Waals surface area contributed by atoms with Crippen LogP contribution in [0.2, 0.25) is 0 Å². The van der Waals surface area contributed by atoms with Crippen molar-refractivity contribution in [3.8, 4) is 0 Å². The monoisotopic (exact) mass is 365 g/mol. The summed E-state index contributed by atoms with van der Waals surface area (Å²) >= 11 is 0. The van der Waals surface area contributed by atoms with Crippen LogP contribution < -0.4 is 9.80 Å². The highest BCUT2D eigenvalue weighted by Crippen LogP contribution is 2.24. The number of carbonyl (C=O) groups is 1. The predicted octanol–water partition coefficient (Wildman–Crippen LogP) is 2.66. The van der Waals surface area contributed by atoms with Crippen LogP contribution in [0.1, 0.15) is 34.3 Å². The van der Waals surface area contributed by atoms with Crippen LogP contribution in [0.15, 0.2) is 30.5 Å². The summed E-state index contributed by atoms with van der Waals surface area (Å²) in [4.78, 5) is 28.7. The van der Waals surface area contributed by atoms with E-state index >= 15 is 0 Å². The summed E-state index contributed by atoms with van der Waals surface area (Å²) in [5, 5.41) is 0. The Morgan fingerprint density at radius 3 is 2.30 bits per heavy atom. The average Bonchev–Trinajstić information content (AvgIpc) is 3.23. The zero-order valence-corrected chi connectivity index (χ0v) is 16.2. The van der Waals surface area contributed by atoms with Gasteiger partial charge in [-0.3, -0.25) is 4.79 Å². The smallest absolute Gasteiger partial charge is 0.254 e. The molecule has 0 bridgehead atoms. The van der Waals surface area contributed by atoms with Gasteiger partial charge in [0.05, 0.1) is 0 Å². The quantitative estimate of drug-likeness (QED) is 0.837. The lowest BCUT2D eigenvalue weighted by atomic mass is 10.1. The maximum atomic E-state index is 12.8. The third kappa shape index (κ3) is 3.61. The minimum absolute atomic E-state index is 0.130. The predicted molar refractivity (Wildman–Crippen MR) is 108 cm³/mol. The fraction of sp³-hybridized carbons (Fsp3) is 0.476. The number of aryl methyl sites for hydroxylation is 2. The van der Waals surface area contributed by atoms with Gasteiger partial charge in [0.25, 0.3) is 5.91 Å². The number of aromatic nitrogens is 2. The van der Waals surface area contributed by atoms with Gasteiger partial charge in [-0.25, -0.2) is 4.98 Å². The lowest BCUT2D eigenvalue weighted by Gasteiger charge is -2.36. The third-order valence-corrected chi connectivity index (χ3v) is 5.56. The fourth-order valence-corrected chi connectivity index (χ4v) is 3.92. The van der Waals surface area contributed by atoms with Crippen molar-refractivity contribution in [3.05, 3.63) is 47.2 Å². The molecule has 0 radical (unpaired) electrons. The van der Waals surface area contributed by atoms with Gasteiger partial charge in [0.2, 0.25) is 5.95 Å². The standard InChI is InChI=1S/C21H27N5O/c1-16-7-3-4-8-18(16)20(27)25-13-11-24(12-14-25)19-17(2)15-22-21(23-19)26-9-5-6-10-26/h3-4,7-8,15H,5-6,9-14H2,1-2H3. The van der Waals surface area contributed by atoms with E-state index in [1.807, 2.05) is 42.3 Å². The molecule has 2 aromatic rings. The molecule has 2 fully saturated rings. The minimum Gasteiger partial charge on any atom is -0.353 e. The van der Waals surface area contributed by atoms with Crippen LogP contribution in [0.5, 0.6) is 0 Å². The summed E-state index contributed by atoms with van der Waals surface area (Å²) < 4.78 is 0. The first-order valence-electron chi connectivity index (χ1n) is 9.82. The molecule has 4 rings (SSSR count). The number of rotatable bonds is 3. The first kappa shape index (κ1) is 17.8. The Balaban J connectivity index is 1.45. The lowest BCUT2D eigenvalue weighted by Crippen LogP contribution is -2.49. The summed E-state index contributed by atoms with van der Waals surface area (Å²) in [6.07, 6.45) is 4.36. The highest BCUT2D eigenvalue weighted by Gasteiger charge is 2.25. The van der Waals surface area contributed by atoms with Gasteiger partial charge in [0, 0.05) is 56.6 Å². The number of carbonyl (C=O) groups excluding carboxylic acids is 1. The molecule has 1 aromatic heterocycles. The zero-order valence-electron chi connectivity index (χ0n) is 16.2. The Bertz CT molecular complexity index is 823. The molecule has 1 amide bonds. The van der Waals surface area contributed by atoms with Crippen LogP contribution in [-0.4, -0.2) is 60.0 Å². The van der Waals surface area contributed by atoms with Gasteiger partial charge >= 0.3 is 0 Å². The number of benzene rings is 1. The molecule has 2 saturated heterocycles. The van der Waals surface area contributed by atoms with Crippen molar-refractivity contribution in [3.63, 3.8) is 0 Å². The summed E-state index contributed by atoms with van der Waals surface area (Å²) in [7, 11) is 0. The molecule has 0 N–H and O–H groups in total. The topological polar surface area (TPSA) is 52.6 Å². The molecule has 27 heavy (non-hydrogen) atoms. The van der Waals surface area contributed by atoms with Gasteiger partial charge in [-0.1, -0.05) is 18.2 Å². The second-order valence-corrected chi connectivity index (χ2v) is 7.46. The Morgan fingerprint density at radius 2 is 1.59 bits per heavy atom. The third-order valence-electron chi connectivity index (χ3n) is 5.56. The van der Waals surface area contributed by atoms with Crippen molar-refractivity contribution in [2.24, 2.45) is 0 Å². The molecule has 6 heteroatoms. The van der Waals surface area contributed by atoms with E-state index in [9.17, 15) is 4.79 Å². The lowest BCUT2D eigenvalue weighted by molar-refractivity contribution is 0.0746.